The van der Waals surface area contributed by atoms with Gasteiger partial charge in [0.25, 0.3) is 5.91 Å². The van der Waals surface area contributed by atoms with Gasteiger partial charge in [-0.05, 0) is 60.2 Å². The van der Waals surface area contributed by atoms with Crippen LogP contribution in [-0.2, 0) is 0 Å². The number of aromatic amines is 1. The van der Waals surface area contributed by atoms with Crippen LogP contribution in [0.4, 0.5) is 4.39 Å². The number of H-pyrrole nitrogens is 1. The topological polar surface area (TPSA) is 106 Å². The number of carbonyl (C=O) groups is 2. The van der Waals surface area contributed by atoms with Crippen molar-refractivity contribution in [2.45, 2.75) is 0 Å². The standard InChI is InChI=1S/C28H19ClFN3O5/c1-36-24-13-16(8-11-22(24)38-28(35)23-7-4-12-37-23)15-31-33-27(34)26-25(18-5-2-3-6-20(18)29)19-14-17(30)9-10-21(19)32-26/h2-15,32H,1H3,(H,33,34). The molecule has 0 fully saturated rings. The number of carbonyl (C=O) groups excluding carboxylic acids is 2. The number of furan rings is 1. The van der Waals surface area contributed by atoms with Crippen molar-refractivity contribution in [1.29, 1.82) is 0 Å². The van der Waals surface area contributed by atoms with E-state index in [-0.39, 0.29) is 23.0 Å². The normalized spacial score (nSPS) is 11.1. The number of halogens is 2. The Morgan fingerprint density at radius 1 is 1.05 bits per heavy atom. The molecule has 5 aromatic rings. The maximum Gasteiger partial charge on any atom is 0.379 e. The predicted molar refractivity (Wildman–Crippen MR) is 140 cm³/mol. The molecule has 2 N–H and O–H groups in total. The van der Waals surface area contributed by atoms with E-state index in [1.54, 1.807) is 48.5 Å². The third kappa shape index (κ3) is 5.00. The molecule has 2 aromatic heterocycles. The van der Waals surface area contributed by atoms with E-state index in [1.165, 1.54) is 43.9 Å². The van der Waals surface area contributed by atoms with Crippen LogP contribution in [0.5, 0.6) is 11.5 Å². The highest BCUT2D eigenvalue weighted by Gasteiger charge is 2.21. The van der Waals surface area contributed by atoms with Crippen molar-refractivity contribution in [3.05, 3.63) is 107 Å². The smallest absolute Gasteiger partial charge is 0.379 e. The molecule has 8 nitrogen and oxygen atoms in total. The Labute approximate surface area is 220 Å². The first-order valence-corrected chi connectivity index (χ1v) is 11.7. The molecule has 190 valence electrons. The zero-order valence-corrected chi connectivity index (χ0v) is 20.6. The Hall–Kier alpha value is -4.89. The van der Waals surface area contributed by atoms with Crippen molar-refractivity contribution in [1.82, 2.24) is 10.4 Å². The molecule has 1 amide bonds. The van der Waals surface area contributed by atoms with Gasteiger partial charge in [0.05, 0.1) is 19.6 Å². The summed E-state index contributed by atoms with van der Waals surface area (Å²) in [4.78, 5) is 28.3. The second-order valence-corrected chi connectivity index (χ2v) is 8.43. The van der Waals surface area contributed by atoms with Gasteiger partial charge in [0, 0.05) is 27.1 Å². The highest BCUT2D eigenvalue weighted by Crippen LogP contribution is 2.37. The first-order chi connectivity index (χ1) is 18.4. The summed E-state index contributed by atoms with van der Waals surface area (Å²) < 4.78 is 29.7. The van der Waals surface area contributed by atoms with E-state index in [9.17, 15) is 14.0 Å². The quantitative estimate of drug-likeness (QED) is 0.112. The number of nitrogens with zero attached hydrogens (tertiary/aromatic N) is 1. The van der Waals surface area contributed by atoms with Crippen molar-refractivity contribution in [3.8, 4) is 22.6 Å². The Morgan fingerprint density at radius 2 is 1.89 bits per heavy atom. The number of fused-ring (bicyclic) bond motifs is 1. The fourth-order valence-corrected chi connectivity index (χ4v) is 4.12. The summed E-state index contributed by atoms with van der Waals surface area (Å²) in [6.07, 6.45) is 2.77. The van der Waals surface area contributed by atoms with Crippen molar-refractivity contribution < 1.29 is 27.9 Å². The summed E-state index contributed by atoms with van der Waals surface area (Å²) in [5, 5.41) is 4.96. The summed E-state index contributed by atoms with van der Waals surface area (Å²) in [5.41, 5.74) is 4.82. The second-order valence-electron chi connectivity index (χ2n) is 8.02. The van der Waals surface area contributed by atoms with Gasteiger partial charge in [-0.15, -0.1) is 0 Å². The second kappa shape index (κ2) is 10.6. The lowest BCUT2D eigenvalue weighted by atomic mass is 10.0. The third-order valence-corrected chi connectivity index (χ3v) is 5.95. The highest BCUT2D eigenvalue weighted by molar-refractivity contribution is 6.34. The van der Waals surface area contributed by atoms with Crippen molar-refractivity contribution in [3.63, 3.8) is 0 Å². The van der Waals surface area contributed by atoms with Gasteiger partial charge in [-0.25, -0.2) is 14.6 Å². The van der Waals surface area contributed by atoms with Crippen molar-refractivity contribution in [2.75, 3.05) is 7.11 Å². The number of hydrazone groups is 1. The molecule has 0 radical (unpaired) electrons. The summed E-state index contributed by atoms with van der Waals surface area (Å²) in [7, 11) is 1.43. The summed E-state index contributed by atoms with van der Waals surface area (Å²) in [6.45, 7) is 0. The maximum atomic E-state index is 14.1. The predicted octanol–water partition coefficient (Wildman–Crippen LogP) is 6.21. The number of esters is 1. The molecule has 5 rings (SSSR count). The number of amides is 1. The number of ether oxygens (including phenoxy) is 2. The van der Waals surface area contributed by atoms with Gasteiger partial charge >= 0.3 is 5.97 Å². The molecule has 0 saturated heterocycles. The molecule has 0 spiro atoms. The average Bonchev–Trinajstić information content (AvgIpc) is 3.58. The molecular formula is C28H19ClFN3O5. The summed E-state index contributed by atoms with van der Waals surface area (Å²) in [6, 6.07) is 19.0. The first-order valence-electron chi connectivity index (χ1n) is 11.3. The number of methoxy groups -OCH3 is 1. The molecule has 0 bridgehead atoms. The Bertz CT molecular complexity index is 1680. The number of rotatable bonds is 7. The molecule has 0 aliphatic rings. The summed E-state index contributed by atoms with van der Waals surface area (Å²) in [5.74, 6) is -1.15. The van der Waals surface area contributed by atoms with Crippen LogP contribution in [0.3, 0.4) is 0 Å². The minimum atomic E-state index is -0.672. The molecule has 0 aliphatic carbocycles. The molecule has 0 unspecified atom stereocenters. The van der Waals surface area contributed by atoms with Crippen LogP contribution in [0.15, 0.2) is 88.6 Å². The van der Waals surface area contributed by atoms with Crippen LogP contribution in [-0.4, -0.2) is 30.2 Å². The van der Waals surface area contributed by atoms with Gasteiger partial charge in [0.2, 0.25) is 5.76 Å². The van der Waals surface area contributed by atoms with Crippen LogP contribution in [0, 0.1) is 5.82 Å². The molecule has 3 aromatic carbocycles. The van der Waals surface area contributed by atoms with Gasteiger partial charge in [-0.3, -0.25) is 4.79 Å². The number of hydrogen-bond donors (Lipinski definition) is 2. The van der Waals surface area contributed by atoms with Gasteiger partial charge in [0.15, 0.2) is 11.5 Å². The van der Waals surface area contributed by atoms with Crippen molar-refractivity contribution >= 4 is 40.6 Å². The molecule has 38 heavy (non-hydrogen) atoms. The van der Waals surface area contributed by atoms with E-state index in [2.05, 4.69) is 15.5 Å². The minimum absolute atomic E-state index is 0.0521. The Balaban J connectivity index is 1.38. The van der Waals surface area contributed by atoms with E-state index >= 15 is 0 Å². The highest BCUT2D eigenvalue weighted by atomic mass is 35.5. The van der Waals surface area contributed by atoms with E-state index in [1.807, 2.05) is 0 Å². The lowest BCUT2D eigenvalue weighted by molar-refractivity contribution is 0.0696. The van der Waals surface area contributed by atoms with Gasteiger partial charge in [0.1, 0.15) is 11.5 Å². The number of nitrogens with one attached hydrogen (secondary N) is 2. The molecule has 0 atom stereocenters. The van der Waals surface area contributed by atoms with Gasteiger partial charge in [-0.2, -0.15) is 5.10 Å². The van der Waals surface area contributed by atoms with E-state index in [0.29, 0.717) is 32.6 Å². The number of benzene rings is 3. The SMILES string of the molecule is COc1cc(C=NNC(=O)c2[nH]c3ccc(F)cc3c2-c2ccccc2Cl)ccc1OC(=O)c1ccco1. The van der Waals surface area contributed by atoms with Crippen LogP contribution >= 0.6 is 11.6 Å². The third-order valence-electron chi connectivity index (χ3n) is 5.62. The fraction of sp³-hybridized carbons (Fsp3) is 0.0357. The fourth-order valence-electron chi connectivity index (χ4n) is 3.89. The average molecular weight is 532 g/mol. The Morgan fingerprint density at radius 3 is 2.66 bits per heavy atom. The zero-order valence-electron chi connectivity index (χ0n) is 19.8. The van der Waals surface area contributed by atoms with Crippen LogP contribution < -0.4 is 14.9 Å². The molecule has 0 aliphatic heterocycles. The number of hydrogen-bond acceptors (Lipinski definition) is 6. The largest absolute Gasteiger partial charge is 0.493 e. The molecular weight excluding hydrogens is 513 g/mol. The van der Waals surface area contributed by atoms with Gasteiger partial charge in [-0.1, -0.05) is 29.8 Å². The van der Waals surface area contributed by atoms with Gasteiger partial charge < -0.3 is 18.9 Å². The van der Waals surface area contributed by atoms with Crippen molar-refractivity contribution in [2.24, 2.45) is 5.10 Å². The molecule has 2 heterocycles. The van der Waals surface area contributed by atoms with Crippen LogP contribution in [0.25, 0.3) is 22.0 Å². The van der Waals surface area contributed by atoms with E-state index in [0.717, 1.165) is 0 Å². The Kier molecular flexibility index (Phi) is 6.92. The lowest BCUT2D eigenvalue weighted by Crippen LogP contribution is -2.19. The van der Waals surface area contributed by atoms with Crippen LogP contribution in [0.2, 0.25) is 5.02 Å². The van der Waals surface area contributed by atoms with Crippen LogP contribution in [0.1, 0.15) is 26.6 Å². The zero-order chi connectivity index (χ0) is 26.6. The first kappa shape index (κ1) is 24.8. The molecule has 10 heteroatoms. The monoisotopic (exact) mass is 531 g/mol. The number of aromatic nitrogens is 1. The molecule has 0 saturated carbocycles. The summed E-state index contributed by atoms with van der Waals surface area (Å²) >= 11 is 6.40. The lowest BCUT2D eigenvalue weighted by Gasteiger charge is -2.09. The maximum absolute atomic E-state index is 14.1. The van der Waals surface area contributed by atoms with E-state index in [4.69, 9.17) is 25.5 Å². The van der Waals surface area contributed by atoms with E-state index < -0.39 is 17.7 Å². The minimum Gasteiger partial charge on any atom is -0.493 e.